The van der Waals surface area contributed by atoms with Crippen LogP contribution < -0.4 is 5.32 Å². The van der Waals surface area contributed by atoms with Gasteiger partial charge in [-0.25, -0.2) is 0 Å². The van der Waals surface area contributed by atoms with Gasteiger partial charge in [-0.1, -0.05) is 0 Å². The number of amides is 1. The Balaban J connectivity index is 2.13. The molecule has 0 aromatic carbocycles. The molecule has 0 aromatic rings. The van der Waals surface area contributed by atoms with Gasteiger partial charge in [0.15, 0.2) is 0 Å². The van der Waals surface area contributed by atoms with Crippen LogP contribution in [0.25, 0.3) is 0 Å². The highest BCUT2D eigenvalue weighted by Gasteiger charge is 2.29. The van der Waals surface area contributed by atoms with E-state index in [2.05, 4.69) is 5.32 Å². The van der Waals surface area contributed by atoms with Crippen LogP contribution in [0.4, 0.5) is 0 Å². The molecule has 14 heavy (non-hydrogen) atoms. The van der Waals surface area contributed by atoms with Crippen molar-refractivity contribution in [3.8, 4) is 0 Å². The number of nitrogens with one attached hydrogen (secondary N) is 1. The van der Waals surface area contributed by atoms with E-state index in [1.165, 1.54) is 0 Å². The minimum absolute atomic E-state index is 0.0930. The van der Waals surface area contributed by atoms with Gasteiger partial charge >= 0.3 is 0 Å². The Labute approximate surface area is 85.6 Å². The Kier molecular flexibility index (Phi) is 4.35. The van der Waals surface area contributed by atoms with Crippen molar-refractivity contribution in [2.45, 2.75) is 31.9 Å². The lowest BCUT2D eigenvalue weighted by Gasteiger charge is -2.18. The number of ether oxygens (including phenoxy) is 1. The maximum atomic E-state index is 11.5. The van der Waals surface area contributed by atoms with E-state index >= 15 is 0 Å². The fraction of sp³-hybridized carbons (Fsp3) is 0.900. The highest BCUT2D eigenvalue weighted by Crippen LogP contribution is 2.25. The molecular weight excluding hydrogens is 180 g/mol. The Morgan fingerprint density at radius 3 is 2.79 bits per heavy atom. The zero-order valence-electron chi connectivity index (χ0n) is 9.25. The summed E-state index contributed by atoms with van der Waals surface area (Å²) in [5.74, 6) is 0.0930. The second kappa shape index (κ2) is 5.32. The summed E-state index contributed by atoms with van der Waals surface area (Å²) in [6.07, 6.45) is 2.39. The van der Waals surface area contributed by atoms with Crippen molar-refractivity contribution in [2.75, 3.05) is 27.2 Å². The third kappa shape index (κ3) is 3.64. The molecule has 0 aromatic heterocycles. The number of carbonyl (C=O) groups is 1. The summed E-state index contributed by atoms with van der Waals surface area (Å²) in [7, 11) is 3.73. The van der Waals surface area contributed by atoms with Gasteiger partial charge in [0.2, 0.25) is 5.91 Å². The second-order valence-corrected chi connectivity index (χ2v) is 3.92. The molecule has 1 aliphatic carbocycles. The molecule has 0 radical (unpaired) electrons. The van der Waals surface area contributed by atoms with Crippen LogP contribution in [0.2, 0.25) is 0 Å². The van der Waals surface area contributed by atoms with Crippen LogP contribution in [0.1, 0.15) is 19.8 Å². The lowest BCUT2D eigenvalue weighted by atomic mass is 10.4. The molecule has 1 aliphatic rings. The normalized spacial score (nSPS) is 17.9. The first-order valence-electron chi connectivity index (χ1n) is 5.17. The fourth-order valence-electron chi connectivity index (χ4n) is 1.33. The van der Waals surface area contributed by atoms with E-state index in [1.54, 1.807) is 4.90 Å². The van der Waals surface area contributed by atoms with Crippen molar-refractivity contribution in [3.63, 3.8) is 0 Å². The SMILES string of the molecule is CNCC(C)OCC(=O)N(C)C1CC1. The third-order valence-electron chi connectivity index (χ3n) is 2.47. The quantitative estimate of drug-likeness (QED) is 0.667. The molecule has 0 spiro atoms. The molecule has 82 valence electrons. The molecule has 1 rings (SSSR count). The van der Waals surface area contributed by atoms with Gasteiger partial charge in [0.25, 0.3) is 0 Å². The molecule has 0 saturated heterocycles. The topological polar surface area (TPSA) is 41.6 Å². The van der Waals surface area contributed by atoms with Crippen LogP contribution in [0, 0.1) is 0 Å². The van der Waals surface area contributed by atoms with Crippen molar-refractivity contribution >= 4 is 5.91 Å². The number of nitrogens with zero attached hydrogens (tertiary/aromatic N) is 1. The average molecular weight is 200 g/mol. The summed E-state index contributed by atoms with van der Waals surface area (Å²) in [5, 5.41) is 3.01. The van der Waals surface area contributed by atoms with Gasteiger partial charge in [-0.15, -0.1) is 0 Å². The van der Waals surface area contributed by atoms with Crippen molar-refractivity contribution in [1.29, 1.82) is 0 Å². The lowest BCUT2D eigenvalue weighted by molar-refractivity contribution is -0.136. The molecule has 1 unspecified atom stereocenters. The fourth-order valence-corrected chi connectivity index (χ4v) is 1.33. The smallest absolute Gasteiger partial charge is 0.248 e. The Bertz CT molecular complexity index is 193. The first kappa shape index (κ1) is 11.5. The number of hydrogen-bond donors (Lipinski definition) is 1. The summed E-state index contributed by atoms with van der Waals surface area (Å²) in [5.41, 5.74) is 0. The molecule has 0 aliphatic heterocycles. The van der Waals surface area contributed by atoms with Gasteiger partial charge in [0.05, 0.1) is 6.10 Å². The Hall–Kier alpha value is -0.610. The first-order chi connectivity index (χ1) is 6.65. The highest BCUT2D eigenvalue weighted by atomic mass is 16.5. The van der Waals surface area contributed by atoms with Crippen molar-refractivity contribution in [2.24, 2.45) is 0 Å². The van der Waals surface area contributed by atoms with E-state index in [4.69, 9.17) is 4.74 Å². The highest BCUT2D eigenvalue weighted by molar-refractivity contribution is 5.77. The molecule has 4 heteroatoms. The van der Waals surface area contributed by atoms with Crippen molar-refractivity contribution in [3.05, 3.63) is 0 Å². The summed E-state index contributed by atoms with van der Waals surface area (Å²) in [4.78, 5) is 13.3. The van der Waals surface area contributed by atoms with Gasteiger partial charge < -0.3 is 15.0 Å². The standard InChI is InChI=1S/C10H20N2O2/c1-8(6-11-2)14-7-10(13)12(3)9-4-5-9/h8-9,11H,4-7H2,1-3H3. The summed E-state index contributed by atoms with van der Waals surface area (Å²) < 4.78 is 5.39. The van der Waals surface area contributed by atoms with E-state index in [9.17, 15) is 4.79 Å². The largest absolute Gasteiger partial charge is 0.367 e. The number of hydrogen-bond acceptors (Lipinski definition) is 3. The van der Waals surface area contributed by atoms with Gasteiger partial charge in [-0.2, -0.15) is 0 Å². The average Bonchev–Trinajstić information content (AvgIpc) is 2.96. The molecule has 1 amide bonds. The molecule has 1 fully saturated rings. The zero-order chi connectivity index (χ0) is 10.6. The predicted octanol–water partition coefficient (Wildman–Crippen LogP) is 0.232. The van der Waals surface area contributed by atoms with Crippen LogP contribution in [0.3, 0.4) is 0 Å². The van der Waals surface area contributed by atoms with Gasteiger partial charge in [0, 0.05) is 19.6 Å². The number of likely N-dealkylation sites (N-methyl/N-ethyl adjacent to an activating group) is 2. The Morgan fingerprint density at radius 2 is 2.29 bits per heavy atom. The molecule has 4 nitrogen and oxygen atoms in total. The van der Waals surface area contributed by atoms with Gasteiger partial charge in [-0.3, -0.25) is 4.79 Å². The maximum Gasteiger partial charge on any atom is 0.248 e. The molecule has 1 saturated carbocycles. The van der Waals surface area contributed by atoms with Crippen LogP contribution in [0.5, 0.6) is 0 Å². The number of carbonyl (C=O) groups excluding carboxylic acids is 1. The van der Waals surface area contributed by atoms with Crippen LogP contribution >= 0.6 is 0 Å². The van der Waals surface area contributed by atoms with E-state index in [-0.39, 0.29) is 18.6 Å². The second-order valence-electron chi connectivity index (χ2n) is 3.92. The van der Waals surface area contributed by atoms with E-state index in [1.807, 2.05) is 21.0 Å². The summed E-state index contributed by atoms with van der Waals surface area (Å²) in [6.45, 7) is 2.94. The van der Waals surface area contributed by atoms with E-state index in [0.717, 1.165) is 19.4 Å². The van der Waals surface area contributed by atoms with Crippen LogP contribution in [0.15, 0.2) is 0 Å². The Morgan fingerprint density at radius 1 is 1.64 bits per heavy atom. The first-order valence-corrected chi connectivity index (χ1v) is 5.17. The van der Waals surface area contributed by atoms with Crippen LogP contribution in [-0.4, -0.2) is 50.2 Å². The molecular formula is C10H20N2O2. The maximum absolute atomic E-state index is 11.5. The monoisotopic (exact) mass is 200 g/mol. The predicted molar refractivity (Wildman–Crippen MR) is 55.1 cm³/mol. The number of rotatable bonds is 6. The van der Waals surface area contributed by atoms with E-state index < -0.39 is 0 Å². The summed E-state index contributed by atoms with van der Waals surface area (Å²) in [6, 6.07) is 0.478. The van der Waals surface area contributed by atoms with Gasteiger partial charge in [-0.05, 0) is 26.8 Å². The van der Waals surface area contributed by atoms with E-state index in [0.29, 0.717) is 6.04 Å². The van der Waals surface area contributed by atoms with Crippen molar-refractivity contribution in [1.82, 2.24) is 10.2 Å². The van der Waals surface area contributed by atoms with Crippen LogP contribution in [-0.2, 0) is 9.53 Å². The minimum atomic E-state index is 0.0930. The molecule has 0 heterocycles. The lowest BCUT2D eigenvalue weighted by Crippen LogP contribution is -2.34. The summed E-state index contributed by atoms with van der Waals surface area (Å²) >= 11 is 0. The molecule has 0 bridgehead atoms. The zero-order valence-corrected chi connectivity index (χ0v) is 9.25. The van der Waals surface area contributed by atoms with Crippen molar-refractivity contribution < 1.29 is 9.53 Å². The van der Waals surface area contributed by atoms with Gasteiger partial charge in [0.1, 0.15) is 6.61 Å². The minimum Gasteiger partial charge on any atom is -0.367 e. The molecule has 1 atom stereocenters. The molecule has 1 N–H and O–H groups in total. The third-order valence-corrected chi connectivity index (χ3v) is 2.47.